The van der Waals surface area contributed by atoms with Crippen molar-refractivity contribution in [2.45, 2.75) is 24.6 Å². The fourth-order valence-corrected chi connectivity index (χ4v) is 4.20. The molecule has 0 bridgehead atoms. The van der Waals surface area contributed by atoms with E-state index in [1.165, 1.54) is 4.90 Å². The number of ether oxygens (including phenoxy) is 1. The van der Waals surface area contributed by atoms with Crippen LogP contribution in [0.5, 0.6) is 0 Å². The van der Waals surface area contributed by atoms with Gasteiger partial charge in [0.2, 0.25) is 11.5 Å². The highest BCUT2D eigenvalue weighted by atomic mass is 35.5. The zero-order chi connectivity index (χ0) is 21.8. The van der Waals surface area contributed by atoms with Crippen LogP contribution in [0.4, 0.5) is 0 Å². The Morgan fingerprint density at radius 1 is 0.871 bits per heavy atom. The molecule has 0 aliphatic carbocycles. The Bertz CT molecular complexity index is 1090. The normalized spacial score (nSPS) is 20.4. The van der Waals surface area contributed by atoms with Crippen molar-refractivity contribution in [1.29, 1.82) is 0 Å². The number of nitrogens with zero attached hydrogens (tertiary/aromatic N) is 1. The van der Waals surface area contributed by atoms with Crippen molar-refractivity contribution in [2.24, 2.45) is 0 Å². The molecule has 1 aliphatic rings. The lowest BCUT2D eigenvalue weighted by atomic mass is 9.86. The van der Waals surface area contributed by atoms with E-state index in [2.05, 4.69) is 0 Å². The summed E-state index contributed by atoms with van der Waals surface area (Å²) < 4.78 is 5.75. The summed E-state index contributed by atoms with van der Waals surface area (Å²) in [6.07, 6.45) is -1.22. The molecule has 3 aromatic rings. The lowest BCUT2D eigenvalue weighted by Crippen LogP contribution is -2.54. The molecule has 0 unspecified atom stereocenters. The van der Waals surface area contributed by atoms with Crippen molar-refractivity contribution < 1.29 is 19.1 Å². The summed E-state index contributed by atoms with van der Waals surface area (Å²) in [5, 5.41) is -0.715. The first kappa shape index (κ1) is 20.8. The van der Waals surface area contributed by atoms with E-state index in [1.54, 1.807) is 54.6 Å². The van der Waals surface area contributed by atoms with E-state index < -0.39 is 28.9 Å². The lowest BCUT2D eigenvalue weighted by molar-refractivity contribution is -0.146. The van der Waals surface area contributed by atoms with Crippen LogP contribution < -0.4 is 0 Å². The van der Waals surface area contributed by atoms with Crippen LogP contribution in [-0.2, 0) is 20.7 Å². The number of halogens is 1. The van der Waals surface area contributed by atoms with Gasteiger partial charge in [-0.1, -0.05) is 78.9 Å². The van der Waals surface area contributed by atoms with Gasteiger partial charge in [0.25, 0.3) is 5.91 Å². The molecule has 5 nitrogen and oxygen atoms in total. The molecule has 3 aromatic carbocycles. The Kier molecular flexibility index (Phi) is 5.87. The maximum absolute atomic E-state index is 13.7. The molecule has 0 saturated carbocycles. The Balaban J connectivity index is 1.87. The molecule has 0 N–H and O–H groups in total. The van der Waals surface area contributed by atoms with Gasteiger partial charge in [-0.15, -0.1) is 0 Å². The minimum absolute atomic E-state index is 0.104. The molecule has 4 rings (SSSR count). The third kappa shape index (κ3) is 4.09. The van der Waals surface area contributed by atoms with Crippen LogP contribution in [0.25, 0.3) is 0 Å². The summed E-state index contributed by atoms with van der Waals surface area (Å²) in [5.41, 5.74) is 0.253. The third-order valence-corrected chi connectivity index (χ3v) is 5.52. The van der Waals surface area contributed by atoms with E-state index in [-0.39, 0.29) is 12.8 Å². The quantitative estimate of drug-likeness (QED) is 0.423. The van der Waals surface area contributed by atoms with Crippen molar-refractivity contribution in [3.8, 4) is 0 Å². The summed E-state index contributed by atoms with van der Waals surface area (Å²) in [4.78, 5) is 40.5. The van der Waals surface area contributed by atoms with Crippen LogP contribution >= 0.6 is 11.6 Å². The highest BCUT2D eigenvalue weighted by molar-refractivity contribution is 6.63. The number of amides is 1. The highest BCUT2D eigenvalue weighted by Gasteiger charge is 2.58. The Morgan fingerprint density at radius 3 is 2.00 bits per heavy atom. The number of cyclic esters (lactones) is 1. The van der Waals surface area contributed by atoms with Gasteiger partial charge >= 0.3 is 5.97 Å². The van der Waals surface area contributed by atoms with Crippen molar-refractivity contribution in [3.05, 3.63) is 108 Å². The molecule has 0 aromatic heterocycles. The van der Waals surface area contributed by atoms with E-state index in [0.29, 0.717) is 11.1 Å². The summed E-state index contributed by atoms with van der Waals surface area (Å²) in [6.45, 7) is 0. The monoisotopic (exact) mass is 433 g/mol. The van der Waals surface area contributed by atoms with Gasteiger partial charge < -0.3 is 4.74 Å². The number of rotatable bonds is 6. The van der Waals surface area contributed by atoms with Gasteiger partial charge in [0, 0.05) is 17.5 Å². The second-order valence-electron chi connectivity index (χ2n) is 7.44. The average Bonchev–Trinajstić information content (AvgIpc) is 3.06. The van der Waals surface area contributed by atoms with Gasteiger partial charge in [-0.2, -0.15) is 0 Å². The number of esters is 1. The zero-order valence-corrected chi connectivity index (χ0v) is 17.4. The van der Waals surface area contributed by atoms with Gasteiger partial charge in [-0.25, -0.2) is 4.79 Å². The molecule has 1 heterocycles. The van der Waals surface area contributed by atoms with Gasteiger partial charge in [0.05, 0.1) is 6.42 Å². The predicted molar refractivity (Wildman–Crippen MR) is 116 cm³/mol. The molecule has 1 fully saturated rings. The standard InChI is InChI=1S/C25H20ClNO4/c26-21(28)17-25(16-18-10-4-1-5-11-18)24(30)31-23(20-14-8-3-9-15-20)27(25)22(29)19-12-6-2-7-13-19/h1-15,23H,16-17H2/t23-,25+/m1/s1. The summed E-state index contributed by atoms with van der Waals surface area (Å²) in [5.74, 6) is -1.06. The highest BCUT2D eigenvalue weighted by Crippen LogP contribution is 2.43. The molecule has 0 spiro atoms. The smallest absolute Gasteiger partial charge is 0.335 e. The maximum atomic E-state index is 13.7. The van der Waals surface area contributed by atoms with E-state index in [9.17, 15) is 14.4 Å². The predicted octanol–water partition coefficient (Wildman–Crippen LogP) is 4.52. The SMILES string of the molecule is O=C(Cl)C[C@@]1(Cc2ccccc2)C(=O)O[C@H](c2ccccc2)N1C(=O)c1ccccc1. The number of carbonyl (C=O) groups is 3. The summed E-state index contributed by atoms with van der Waals surface area (Å²) >= 11 is 5.80. The van der Waals surface area contributed by atoms with Gasteiger partial charge in [0.1, 0.15) is 0 Å². The number of hydrogen-bond donors (Lipinski definition) is 0. The lowest BCUT2D eigenvalue weighted by Gasteiger charge is -2.36. The van der Waals surface area contributed by atoms with Crippen molar-refractivity contribution in [1.82, 2.24) is 4.90 Å². The van der Waals surface area contributed by atoms with Crippen molar-refractivity contribution in [3.63, 3.8) is 0 Å². The van der Waals surface area contributed by atoms with Gasteiger partial charge in [-0.05, 0) is 29.3 Å². The van der Waals surface area contributed by atoms with Crippen LogP contribution in [0, 0.1) is 0 Å². The summed E-state index contributed by atoms with van der Waals surface area (Å²) in [7, 11) is 0. The summed E-state index contributed by atoms with van der Waals surface area (Å²) in [6, 6.07) is 26.9. The molecular weight excluding hydrogens is 414 g/mol. The minimum Gasteiger partial charge on any atom is -0.435 e. The average molecular weight is 434 g/mol. The van der Waals surface area contributed by atoms with E-state index >= 15 is 0 Å². The molecule has 2 atom stereocenters. The zero-order valence-electron chi connectivity index (χ0n) is 16.6. The fourth-order valence-electron chi connectivity index (χ4n) is 3.98. The number of benzene rings is 3. The Morgan fingerprint density at radius 2 is 1.42 bits per heavy atom. The van der Waals surface area contributed by atoms with Crippen LogP contribution in [0.2, 0.25) is 0 Å². The fraction of sp³-hybridized carbons (Fsp3) is 0.160. The number of hydrogen-bond acceptors (Lipinski definition) is 4. The van der Waals surface area contributed by atoms with Crippen LogP contribution in [0.1, 0.15) is 34.1 Å². The first-order valence-electron chi connectivity index (χ1n) is 9.88. The first-order valence-corrected chi connectivity index (χ1v) is 10.3. The number of carbonyl (C=O) groups excluding carboxylic acids is 3. The largest absolute Gasteiger partial charge is 0.435 e. The molecule has 31 heavy (non-hydrogen) atoms. The van der Waals surface area contributed by atoms with Crippen LogP contribution in [0.15, 0.2) is 91.0 Å². The molecule has 0 radical (unpaired) electrons. The third-order valence-electron chi connectivity index (χ3n) is 5.39. The Labute approximate surface area is 185 Å². The molecule has 6 heteroatoms. The van der Waals surface area contributed by atoms with Crippen molar-refractivity contribution in [2.75, 3.05) is 0 Å². The second-order valence-corrected chi connectivity index (χ2v) is 7.86. The molecule has 156 valence electrons. The van der Waals surface area contributed by atoms with Gasteiger partial charge in [-0.3, -0.25) is 14.5 Å². The molecular formula is C25H20ClNO4. The van der Waals surface area contributed by atoms with E-state index in [1.807, 2.05) is 36.4 Å². The van der Waals surface area contributed by atoms with Crippen molar-refractivity contribution >= 4 is 28.7 Å². The minimum atomic E-state index is -1.56. The molecule has 1 amide bonds. The second kappa shape index (κ2) is 8.74. The molecule has 1 saturated heterocycles. The van der Waals surface area contributed by atoms with Crippen LogP contribution in [0.3, 0.4) is 0 Å². The maximum Gasteiger partial charge on any atom is 0.335 e. The first-order chi connectivity index (χ1) is 15.0. The van der Waals surface area contributed by atoms with Gasteiger partial charge in [0.15, 0.2) is 5.54 Å². The molecule has 1 aliphatic heterocycles. The van der Waals surface area contributed by atoms with E-state index in [0.717, 1.165) is 5.56 Å². The van der Waals surface area contributed by atoms with E-state index in [4.69, 9.17) is 16.3 Å². The Hall–Kier alpha value is -3.44. The topological polar surface area (TPSA) is 63.7 Å². The van der Waals surface area contributed by atoms with Crippen LogP contribution in [-0.4, -0.2) is 27.6 Å².